The van der Waals surface area contributed by atoms with Gasteiger partial charge in [0.2, 0.25) is 0 Å². The molecule has 1 saturated carbocycles. The van der Waals surface area contributed by atoms with Crippen LogP contribution in [0.15, 0.2) is 60.9 Å². The van der Waals surface area contributed by atoms with Crippen molar-refractivity contribution in [2.45, 2.75) is 38.5 Å². The summed E-state index contributed by atoms with van der Waals surface area (Å²) >= 11 is 0. The third-order valence-corrected chi connectivity index (χ3v) is 5.00. The summed E-state index contributed by atoms with van der Waals surface area (Å²) in [5.74, 6) is 1.95. The van der Waals surface area contributed by atoms with Gasteiger partial charge in [0.1, 0.15) is 5.75 Å². The fourth-order valence-corrected chi connectivity index (χ4v) is 3.61. The summed E-state index contributed by atoms with van der Waals surface area (Å²) in [5.41, 5.74) is 3.85. The Morgan fingerprint density at radius 2 is 1.50 bits per heavy atom. The van der Waals surface area contributed by atoms with Crippen LogP contribution in [0.4, 0.5) is 4.39 Å². The Balaban J connectivity index is 1.65. The first-order valence-electron chi connectivity index (χ1n) is 8.90. The van der Waals surface area contributed by atoms with Crippen molar-refractivity contribution in [2.24, 2.45) is 5.92 Å². The second kappa shape index (κ2) is 8.14. The molecule has 0 radical (unpaired) electrons. The Morgan fingerprint density at radius 1 is 0.917 bits per heavy atom. The molecule has 1 fully saturated rings. The summed E-state index contributed by atoms with van der Waals surface area (Å²) in [6, 6.07) is 17.2. The van der Waals surface area contributed by atoms with E-state index in [0.717, 1.165) is 31.4 Å². The third kappa shape index (κ3) is 4.05. The zero-order valence-electron chi connectivity index (χ0n) is 14.2. The lowest BCUT2D eigenvalue weighted by atomic mass is 9.78. The van der Waals surface area contributed by atoms with Crippen LogP contribution in [-0.2, 0) is 0 Å². The third-order valence-electron chi connectivity index (χ3n) is 5.00. The van der Waals surface area contributed by atoms with Gasteiger partial charge >= 0.3 is 0 Å². The first-order valence-corrected chi connectivity index (χ1v) is 8.90. The monoisotopic (exact) mass is 324 g/mol. The molecular weight excluding hydrogens is 299 g/mol. The Bertz CT molecular complexity index is 649. The van der Waals surface area contributed by atoms with Crippen LogP contribution in [0.3, 0.4) is 0 Å². The highest BCUT2D eigenvalue weighted by Crippen LogP contribution is 2.37. The van der Waals surface area contributed by atoms with Gasteiger partial charge in [0.15, 0.2) is 0 Å². The topological polar surface area (TPSA) is 9.23 Å². The molecule has 2 aromatic rings. The van der Waals surface area contributed by atoms with Crippen LogP contribution >= 0.6 is 0 Å². The minimum absolute atomic E-state index is 0.425. The maximum Gasteiger partial charge on any atom is 0.119 e. The van der Waals surface area contributed by atoms with Crippen molar-refractivity contribution in [2.75, 3.05) is 6.61 Å². The first kappa shape index (κ1) is 16.8. The van der Waals surface area contributed by atoms with E-state index < -0.39 is 0 Å². The molecule has 126 valence electrons. The van der Waals surface area contributed by atoms with E-state index in [4.69, 9.17) is 4.74 Å². The minimum Gasteiger partial charge on any atom is -0.494 e. The summed E-state index contributed by atoms with van der Waals surface area (Å²) in [4.78, 5) is 0. The van der Waals surface area contributed by atoms with Gasteiger partial charge in [-0.3, -0.25) is 0 Å². The van der Waals surface area contributed by atoms with E-state index in [1.165, 1.54) is 16.7 Å². The van der Waals surface area contributed by atoms with Crippen molar-refractivity contribution >= 4 is 0 Å². The lowest BCUT2D eigenvalue weighted by molar-refractivity contribution is 0.340. The Kier molecular flexibility index (Phi) is 5.68. The van der Waals surface area contributed by atoms with Gasteiger partial charge in [0.25, 0.3) is 0 Å². The molecule has 0 heterocycles. The quantitative estimate of drug-likeness (QED) is 0.609. The van der Waals surface area contributed by atoms with E-state index in [9.17, 15) is 4.39 Å². The minimum atomic E-state index is 0.425. The Morgan fingerprint density at radius 3 is 2.04 bits per heavy atom. The van der Waals surface area contributed by atoms with E-state index in [-0.39, 0.29) is 0 Å². The fraction of sp³-hybridized carbons (Fsp3) is 0.364. The highest BCUT2D eigenvalue weighted by atomic mass is 19.1. The number of ether oxygens (including phenoxy) is 1. The molecule has 0 unspecified atom stereocenters. The molecular formula is C22H25FO. The molecule has 0 amide bonds. The molecule has 0 saturated heterocycles. The second-order valence-corrected chi connectivity index (χ2v) is 6.51. The molecule has 0 spiro atoms. The predicted molar refractivity (Wildman–Crippen MR) is 98.0 cm³/mol. The average molecular weight is 324 g/mol. The molecule has 1 aliphatic carbocycles. The van der Waals surface area contributed by atoms with Crippen LogP contribution in [0.1, 0.15) is 44.1 Å². The summed E-state index contributed by atoms with van der Waals surface area (Å²) in [6.45, 7) is 2.69. The highest BCUT2D eigenvalue weighted by molar-refractivity contribution is 5.64. The lowest BCUT2D eigenvalue weighted by Gasteiger charge is -2.27. The number of halogens is 1. The van der Waals surface area contributed by atoms with Crippen LogP contribution in [-0.4, -0.2) is 6.61 Å². The fourth-order valence-electron chi connectivity index (χ4n) is 3.61. The van der Waals surface area contributed by atoms with Gasteiger partial charge in [-0.1, -0.05) is 42.5 Å². The van der Waals surface area contributed by atoms with Crippen LogP contribution in [0.5, 0.6) is 5.75 Å². The van der Waals surface area contributed by atoms with Crippen LogP contribution in [0.2, 0.25) is 0 Å². The molecule has 3 rings (SSSR count). The van der Waals surface area contributed by atoms with Crippen LogP contribution < -0.4 is 4.74 Å². The van der Waals surface area contributed by atoms with Gasteiger partial charge in [-0.2, -0.15) is 0 Å². The van der Waals surface area contributed by atoms with Crippen molar-refractivity contribution in [3.8, 4) is 16.9 Å². The van der Waals surface area contributed by atoms with E-state index in [0.29, 0.717) is 24.8 Å². The Hall–Kier alpha value is -2.09. The molecule has 0 atom stereocenters. The number of benzene rings is 2. The second-order valence-electron chi connectivity index (χ2n) is 6.51. The van der Waals surface area contributed by atoms with Gasteiger partial charge in [0, 0.05) is 0 Å². The van der Waals surface area contributed by atoms with Gasteiger partial charge in [0.05, 0.1) is 12.9 Å². The molecule has 0 aliphatic heterocycles. The van der Waals surface area contributed by atoms with E-state index in [1.807, 2.05) is 19.1 Å². The molecule has 0 aromatic heterocycles. The standard InChI is InChI=1S/C22H25FO/c1-2-24-22-13-11-21(12-14-22)20-9-7-19(8-10-20)18-5-3-17(4-6-18)15-16-23/h7-18H,2-6H2,1H3/b16-15+. The number of allylic oxidation sites excluding steroid dienone is 1. The molecule has 0 bridgehead atoms. The average Bonchev–Trinajstić information content (AvgIpc) is 2.64. The number of hydrogen-bond acceptors (Lipinski definition) is 1. The molecule has 1 nitrogen and oxygen atoms in total. The van der Waals surface area contributed by atoms with E-state index in [2.05, 4.69) is 36.4 Å². The molecule has 0 N–H and O–H groups in total. The zero-order valence-corrected chi connectivity index (χ0v) is 14.2. The van der Waals surface area contributed by atoms with Crippen molar-refractivity contribution < 1.29 is 9.13 Å². The SMILES string of the molecule is CCOc1ccc(-c2ccc(C3CCC(/C=C/F)CC3)cc2)cc1. The van der Waals surface area contributed by atoms with E-state index >= 15 is 0 Å². The summed E-state index contributed by atoms with van der Waals surface area (Å²) in [5, 5.41) is 0. The zero-order chi connectivity index (χ0) is 16.8. The Labute approximate surface area is 144 Å². The van der Waals surface area contributed by atoms with Crippen LogP contribution in [0, 0.1) is 5.92 Å². The molecule has 2 heteroatoms. The van der Waals surface area contributed by atoms with Gasteiger partial charge in [-0.15, -0.1) is 0 Å². The maximum atomic E-state index is 12.3. The summed E-state index contributed by atoms with van der Waals surface area (Å²) in [7, 11) is 0. The number of rotatable bonds is 5. The predicted octanol–water partition coefficient (Wildman–Crippen LogP) is 6.51. The molecule has 1 aliphatic rings. The van der Waals surface area contributed by atoms with Crippen molar-refractivity contribution in [3.63, 3.8) is 0 Å². The first-order chi connectivity index (χ1) is 11.8. The van der Waals surface area contributed by atoms with Crippen molar-refractivity contribution in [1.82, 2.24) is 0 Å². The molecule has 2 aromatic carbocycles. The smallest absolute Gasteiger partial charge is 0.119 e. The van der Waals surface area contributed by atoms with E-state index in [1.54, 1.807) is 6.08 Å². The van der Waals surface area contributed by atoms with Gasteiger partial charge < -0.3 is 4.74 Å². The summed E-state index contributed by atoms with van der Waals surface area (Å²) in [6.07, 6.45) is 6.90. The summed E-state index contributed by atoms with van der Waals surface area (Å²) < 4.78 is 17.8. The molecule has 24 heavy (non-hydrogen) atoms. The number of hydrogen-bond donors (Lipinski definition) is 0. The maximum absolute atomic E-state index is 12.3. The normalized spacial score (nSPS) is 21.1. The van der Waals surface area contributed by atoms with Crippen molar-refractivity contribution in [1.29, 1.82) is 0 Å². The van der Waals surface area contributed by atoms with Crippen molar-refractivity contribution in [3.05, 3.63) is 66.5 Å². The highest BCUT2D eigenvalue weighted by Gasteiger charge is 2.20. The van der Waals surface area contributed by atoms with Gasteiger partial charge in [-0.05, 0) is 73.3 Å². The lowest BCUT2D eigenvalue weighted by Crippen LogP contribution is -2.11. The van der Waals surface area contributed by atoms with Gasteiger partial charge in [-0.25, -0.2) is 4.39 Å². The van der Waals surface area contributed by atoms with Crippen LogP contribution in [0.25, 0.3) is 11.1 Å². The largest absolute Gasteiger partial charge is 0.494 e.